The van der Waals surface area contributed by atoms with Crippen molar-refractivity contribution in [3.8, 4) is 0 Å². The summed E-state index contributed by atoms with van der Waals surface area (Å²) in [4.78, 5) is 0. The standard InChI is InChI=1S/C7H15O2P/c1-3-4-7(2)5-8-10-9-6-7/h10H,3-6H2,1-2H3. The average molecular weight is 162 g/mol. The van der Waals surface area contributed by atoms with Crippen molar-refractivity contribution in [2.45, 2.75) is 26.7 Å². The Labute approximate surface area is 64.2 Å². The number of hydrogen-bond acceptors (Lipinski definition) is 2. The van der Waals surface area contributed by atoms with E-state index in [0.717, 1.165) is 13.2 Å². The second-order valence-electron chi connectivity index (χ2n) is 3.22. The van der Waals surface area contributed by atoms with Crippen LogP contribution in [-0.2, 0) is 9.05 Å². The molecule has 3 heteroatoms. The summed E-state index contributed by atoms with van der Waals surface area (Å²) in [6.07, 6.45) is 2.42. The molecule has 1 saturated heterocycles. The van der Waals surface area contributed by atoms with E-state index in [-0.39, 0.29) is 9.03 Å². The van der Waals surface area contributed by atoms with Gasteiger partial charge in [-0.15, -0.1) is 0 Å². The van der Waals surface area contributed by atoms with Crippen LogP contribution in [0.2, 0.25) is 0 Å². The molecule has 0 N–H and O–H groups in total. The van der Waals surface area contributed by atoms with Crippen molar-refractivity contribution in [1.82, 2.24) is 0 Å². The molecule has 0 atom stereocenters. The topological polar surface area (TPSA) is 18.5 Å². The summed E-state index contributed by atoms with van der Waals surface area (Å²) in [5.74, 6) is 0. The molecule has 0 aromatic carbocycles. The quantitative estimate of drug-likeness (QED) is 0.580. The van der Waals surface area contributed by atoms with Crippen LogP contribution in [-0.4, -0.2) is 13.2 Å². The molecule has 0 saturated carbocycles. The Morgan fingerprint density at radius 1 is 1.40 bits per heavy atom. The van der Waals surface area contributed by atoms with Crippen molar-refractivity contribution in [2.24, 2.45) is 5.41 Å². The van der Waals surface area contributed by atoms with Crippen molar-refractivity contribution in [3.05, 3.63) is 0 Å². The molecule has 1 aliphatic rings. The summed E-state index contributed by atoms with van der Waals surface area (Å²) in [7, 11) is 0.273. The van der Waals surface area contributed by atoms with Gasteiger partial charge >= 0.3 is 0 Å². The maximum atomic E-state index is 5.24. The normalized spacial score (nSPS) is 36.6. The van der Waals surface area contributed by atoms with Gasteiger partial charge in [-0.2, -0.15) is 0 Å². The highest BCUT2D eigenvalue weighted by Gasteiger charge is 2.27. The van der Waals surface area contributed by atoms with Gasteiger partial charge in [0.1, 0.15) is 0 Å². The fraction of sp³-hybridized carbons (Fsp3) is 1.00. The van der Waals surface area contributed by atoms with Crippen LogP contribution in [0.4, 0.5) is 0 Å². The van der Waals surface area contributed by atoms with Gasteiger partial charge in [-0.05, 0) is 6.42 Å². The van der Waals surface area contributed by atoms with E-state index >= 15 is 0 Å². The average Bonchev–Trinajstić information content (AvgIpc) is 1.89. The van der Waals surface area contributed by atoms with E-state index in [1.807, 2.05) is 0 Å². The predicted octanol–water partition coefficient (Wildman–Crippen LogP) is 2.35. The van der Waals surface area contributed by atoms with Crippen LogP contribution in [0.25, 0.3) is 0 Å². The molecule has 0 spiro atoms. The van der Waals surface area contributed by atoms with Gasteiger partial charge in [-0.1, -0.05) is 20.3 Å². The number of rotatable bonds is 2. The third-order valence-electron chi connectivity index (χ3n) is 1.81. The van der Waals surface area contributed by atoms with Crippen LogP contribution < -0.4 is 0 Å². The molecule has 0 radical (unpaired) electrons. The first-order valence-corrected chi connectivity index (χ1v) is 4.57. The van der Waals surface area contributed by atoms with Crippen LogP contribution in [0.3, 0.4) is 0 Å². The first-order valence-electron chi connectivity index (χ1n) is 3.75. The summed E-state index contributed by atoms with van der Waals surface area (Å²) in [6, 6.07) is 0. The molecule has 0 aromatic heterocycles. The lowest BCUT2D eigenvalue weighted by Gasteiger charge is -2.32. The number of hydrogen-bond donors (Lipinski definition) is 0. The Morgan fingerprint density at radius 3 is 2.50 bits per heavy atom. The van der Waals surface area contributed by atoms with E-state index in [1.165, 1.54) is 12.8 Å². The van der Waals surface area contributed by atoms with Gasteiger partial charge in [0.15, 0.2) is 9.03 Å². The first kappa shape index (κ1) is 8.45. The van der Waals surface area contributed by atoms with Crippen LogP contribution >= 0.6 is 9.03 Å². The molecule has 0 amide bonds. The highest BCUT2D eigenvalue weighted by molar-refractivity contribution is 7.26. The zero-order chi connectivity index (χ0) is 7.45. The van der Waals surface area contributed by atoms with Gasteiger partial charge in [-0.25, -0.2) is 0 Å². The molecule has 1 heterocycles. The monoisotopic (exact) mass is 162 g/mol. The third kappa shape index (κ3) is 2.19. The lowest BCUT2D eigenvalue weighted by Crippen LogP contribution is -2.29. The summed E-state index contributed by atoms with van der Waals surface area (Å²) >= 11 is 0. The van der Waals surface area contributed by atoms with Gasteiger partial charge in [0.2, 0.25) is 0 Å². The lowest BCUT2D eigenvalue weighted by molar-refractivity contribution is 0.0498. The molecule has 1 aliphatic heterocycles. The van der Waals surface area contributed by atoms with E-state index < -0.39 is 0 Å². The van der Waals surface area contributed by atoms with Gasteiger partial charge in [-0.3, -0.25) is 0 Å². The highest BCUT2D eigenvalue weighted by Crippen LogP contribution is 2.34. The second kappa shape index (κ2) is 3.66. The van der Waals surface area contributed by atoms with Gasteiger partial charge in [0.05, 0.1) is 13.2 Å². The molecule has 1 fully saturated rings. The third-order valence-corrected chi connectivity index (χ3v) is 2.34. The van der Waals surface area contributed by atoms with Crippen molar-refractivity contribution in [2.75, 3.05) is 13.2 Å². The van der Waals surface area contributed by atoms with Gasteiger partial charge < -0.3 is 9.05 Å². The predicted molar refractivity (Wildman–Crippen MR) is 43.2 cm³/mol. The fourth-order valence-corrected chi connectivity index (χ4v) is 2.14. The molecule has 2 nitrogen and oxygen atoms in total. The molecule has 0 aliphatic carbocycles. The summed E-state index contributed by atoms with van der Waals surface area (Å²) in [5.41, 5.74) is 0.292. The van der Waals surface area contributed by atoms with Gasteiger partial charge in [0.25, 0.3) is 0 Å². The molecular weight excluding hydrogens is 147 g/mol. The zero-order valence-electron chi connectivity index (χ0n) is 6.64. The Hall–Kier alpha value is 0.350. The fourth-order valence-electron chi connectivity index (χ4n) is 1.24. The maximum Gasteiger partial charge on any atom is 0.155 e. The second-order valence-corrected chi connectivity index (χ2v) is 3.97. The van der Waals surface area contributed by atoms with Crippen LogP contribution in [0.5, 0.6) is 0 Å². The SMILES string of the molecule is CCCC1(C)COPOC1. The molecular formula is C7H15O2P. The lowest BCUT2D eigenvalue weighted by atomic mass is 9.88. The van der Waals surface area contributed by atoms with Gasteiger partial charge in [0, 0.05) is 5.41 Å². The molecule has 0 aromatic rings. The summed E-state index contributed by atoms with van der Waals surface area (Å²) in [6.45, 7) is 6.17. The molecule has 60 valence electrons. The van der Waals surface area contributed by atoms with Crippen LogP contribution in [0.1, 0.15) is 26.7 Å². The van der Waals surface area contributed by atoms with Crippen LogP contribution in [0.15, 0.2) is 0 Å². The Bertz CT molecular complexity index is 94.3. The van der Waals surface area contributed by atoms with Crippen molar-refractivity contribution >= 4 is 9.03 Å². The minimum atomic E-state index is 0.273. The molecule has 10 heavy (non-hydrogen) atoms. The molecule has 1 rings (SSSR count). The Morgan fingerprint density at radius 2 is 2.00 bits per heavy atom. The van der Waals surface area contributed by atoms with E-state index in [9.17, 15) is 0 Å². The largest absolute Gasteiger partial charge is 0.336 e. The summed E-state index contributed by atoms with van der Waals surface area (Å²) < 4.78 is 10.5. The van der Waals surface area contributed by atoms with Crippen molar-refractivity contribution in [1.29, 1.82) is 0 Å². The zero-order valence-corrected chi connectivity index (χ0v) is 7.64. The highest BCUT2D eigenvalue weighted by atomic mass is 31.1. The van der Waals surface area contributed by atoms with Crippen molar-refractivity contribution < 1.29 is 9.05 Å². The first-order chi connectivity index (χ1) is 4.77. The van der Waals surface area contributed by atoms with Crippen molar-refractivity contribution in [3.63, 3.8) is 0 Å². The van der Waals surface area contributed by atoms with E-state index in [4.69, 9.17) is 9.05 Å². The smallest absolute Gasteiger partial charge is 0.155 e. The van der Waals surface area contributed by atoms with E-state index in [2.05, 4.69) is 13.8 Å². The Kier molecular flexibility index (Phi) is 3.09. The molecule has 0 unspecified atom stereocenters. The maximum absolute atomic E-state index is 5.24. The summed E-state index contributed by atoms with van der Waals surface area (Å²) in [5, 5.41) is 0. The minimum absolute atomic E-state index is 0.273. The van der Waals surface area contributed by atoms with E-state index in [1.54, 1.807) is 0 Å². The Balaban J connectivity index is 2.32. The molecule has 0 bridgehead atoms. The minimum Gasteiger partial charge on any atom is -0.336 e. The van der Waals surface area contributed by atoms with E-state index in [0.29, 0.717) is 5.41 Å². The van der Waals surface area contributed by atoms with Crippen LogP contribution in [0, 0.1) is 5.41 Å².